The van der Waals surface area contributed by atoms with Crippen LogP contribution in [0.2, 0.25) is 0 Å². The summed E-state index contributed by atoms with van der Waals surface area (Å²) in [5.41, 5.74) is 1.11. The molecule has 1 aromatic heterocycles. The Morgan fingerprint density at radius 2 is 1.94 bits per heavy atom. The molecule has 0 radical (unpaired) electrons. The smallest absolute Gasteiger partial charge is 0.180 e. The van der Waals surface area contributed by atoms with Gasteiger partial charge in [0.05, 0.1) is 19.4 Å². The van der Waals surface area contributed by atoms with E-state index in [2.05, 4.69) is 25.8 Å². The molecule has 1 aromatic rings. The fourth-order valence-corrected chi connectivity index (χ4v) is 1.62. The van der Waals surface area contributed by atoms with Crippen molar-refractivity contribution < 1.29 is 9.47 Å². The maximum atomic E-state index is 5.80. The average Bonchev–Trinajstić information content (AvgIpc) is 3.00. The minimum atomic E-state index is 0.0151. The van der Waals surface area contributed by atoms with Gasteiger partial charge in [-0.3, -0.25) is 4.98 Å². The zero-order chi connectivity index (χ0) is 11.8. The van der Waals surface area contributed by atoms with E-state index in [0.29, 0.717) is 6.10 Å². The van der Waals surface area contributed by atoms with E-state index in [0.717, 1.165) is 29.9 Å². The van der Waals surface area contributed by atoms with Crippen molar-refractivity contribution in [2.24, 2.45) is 0 Å². The lowest BCUT2D eigenvalue weighted by molar-refractivity contribution is 0.277. The highest BCUT2D eigenvalue weighted by molar-refractivity contribution is 5.47. The molecule has 0 bridgehead atoms. The number of aromatic nitrogens is 1. The maximum absolute atomic E-state index is 5.80. The number of nitrogens with zero attached hydrogens (tertiary/aromatic N) is 1. The Labute approximate surface area is 96.8 Å². The number of hydrogen-bond donors (Lipinski definition) is 0. The average molecular weight is 221 g/mol. The van der Waals surface area contributed by atoms with Crippen LogP contribution in [0.3, 0.4) is 0 Å². The Morgan fingerprint density at radius 3 is 2.44 bits per heavy atom. The van der Waals surface area contributed by atoms with Crippen LogP contribution in [0.25, 0.3) is 0 Å². The third kappa shape index (κ3) is 2.29. The van der Waals surface area contributed by atoms with Gasteiger partial charge in [-0.2, -0.15) is 0 Å². The van der Waals surface area contributed by atoms with Crippen molar-refractivity contribution >= 4 is 0 Å². The van der Waals surface area contributed by atoms with Crippen molar-refractivity contribution in [1.82, 2.24) is 4.98 Å². The molecule has 0 atom stereocenters. The molecule has 1 aliphatic carbocycles. The van der Waals surface area contributed by atoms with Crippen LogP contribution >= 0.6 is 0 Å². The first kappa shape index (κ1) is 11.2. The highest BCUT2D eigenvalue weighted by Crippen LogP contribution is 2.39. The standard InChI is InChI=1S/C13H19NO2/c1-13(2,3)10-7-14-8-11(12(10)15-4)16-9-5-6-9/h7-9H,5-6H2,1-4H3. The lowest BCUT2D eigenvalue weighted by atomic mass is 9.87. The summed E-state index contributed by atoms with van der Waals surface area (Å²) in [5, 5.41) is 0. The van der Waals surface area contributed by atoms with Gasteiger partial charge >= 0.3 is 0 Å². The van der Waals surface area contributed by atoms with Crippen LogP contribution in [-0.2, 0) is 5.41 Å². The number of pyridine rings is 1. The molecule has 1 aliphatic rings. The third-order valence-electron chi connectivity index (χ3n) is 2.69. The van der Waals surface area contributed by atoms with Gasteiger partial charge in [0.25, 0.3) is 0 Å². The quantitative estimate of drug-likeness (QED) is 0.786. The Balaban J connectivity index is 2.37. The summed E-state index contributed by atoms with van der Waals surface area (Å²) in [5.74, 6) is 1.60. The molecular formula is C13H19NO2. The predicted octanol–water partition coefficient (Wildman–Crippen LogP) is 2.93. The fourth-order valence-electron chi connectivity index (χ4n) is 1.62. The molecular weight excluding hydrogens is 202 g/mol. The summed E-state index contributed by atoms with van der Waals surface area (Å²) in [4.78, 5) is 4.24. The highest BCUT2D eigenvalue weighted by Gasteiger charge is 2.28. The molecule has 16 heavy (non-hydrogen) atoms. The Morgan fingerprint density at radius 1 is 1.25 bits per heavy atom. The summed E-state index contributed by atoms with van der Waals surface area (Å²) >= 11 is 0. The van der Waals surface area contributed by atoms with Gasteiger partial charge in [0.1, 0.15) is 0 Å². The van der Waals surface area contributed by atoms with Crippen molar-refractivity contribution in [3.05, 3.63) is 18.0 Å². The maximum Gasteiger partial charge on any atom is 0.180 e. The number of ether oxygens (including phenoxy) is 2. The van der Waals surface area contributed by atoms with E-state index in [1.165, 1.54) is 0 Å². The summed E-state index contributed by atoms with van der Waals surface area (Å²) in [6.07, 6.45) is 6.25. The Bertz CT molecular complexity index is 378. The second-order valence-electron chi connectivity index (χ2n) is 5.29. The van der Waals surface area contributed by atoms with E-state index in [9.17, 15) is 0 Å². The molecule has 0 spiro atoms. The van der Waals surface area contributed by atoms with Crippen molar-refractivity contribution in [3.63, 3.8) is 0 Å². The first-order valence-corrected chi connectivity index (χ1v) is 5.71. The molecule has 0 amide bonds. The van der Waals surface area contributed by atoms with Crippen LogP contribution in [-0.4, -0.2) is 18.2 Å². The molecule has 1 heterocycles. The number of rotatable bonds is 3. The van der Waals surface area contributed by atoms with E-state index in [1.54, 1.807) is 13.3 Å². The normalized spacial score (nSPS) is 16.0. The second kappa shape index (κ2) is 3.96. The zero-order valence-electron chi connectivity index (χ0n) is 10.4. The first-order chi connectivity index (χ1) is 7.52. The minimum Gasteiger partial charge on any atom is -0.492 e. The van der Waals surface area contributed by atoms with Gasteiger partial charge in [-0.25, -0.2) is 0 Å². The van der Waals surface area contributed by atoms with Crippen LogP contribution in [0.15, 0.2) is 12.4 Å². The molecule has 0 N–H and O–H groups in total. The summed E-state index contributed by atoms with van der Waals surface area (Å²) in [7, 11) is 1.68. The van der Waals surface area contributed by atoms with Crippen LogP contribution < -0.4 is 9.47 Å². The summed E-state index contributed by atoms with van der Waals surface area (Å²) in [6, 6.07) is 0. The molecule has 0 aliphatic heterocycles. The SMILES string of the molecule is COc1c(OC2CC2)cncc1C(C)(C)C. The van der Waals surface area contributed by atoms with E-state index in [1.807, 2.05) is 6.20 Å². The van der Waals surface area contributed by atoms with Crippen LogP contribution in [0.5, 0.6) is 11.5 Å². The molecule has 3 nitrogen and oxygen atoms in total. The molecule has 88 valence electrons. The lowest BCUT2D eigenvalue weighted by Crippen LogP contribution is -2.14. The van der Waals surface area contributed by atoms with Gasteiger partial charge in [-0.1, -0.05) is 20.8 Å². The monoisotopic (exact) mass is 221 g/mol. The first-order valence-electron chi connectivity index (χ1n) is 5.71. The molecule has 1 saturated carbocycles. The van der Waals surface area contributed by atoms with Gasteiger partial charge in [0.15, 0.2) is 11.5 Å². The van der Waals surface area contributed by atoms with Crippen LogP contribution in [0, 0.1) is 0 Å². The largest absolute Gasteiger partial charge is 0.492 e. The van der Waals surface area contributed by atoms with Crippen molar-refractivity contribution in [2.75, 3.05) is 7.11 Å². The van der Waals surface area contributed by atoms with Gasteiger partial charge in [-0.05, 0) is 18.3 Å². The van der Waals surface area contributed by atoms with Gasteiger partial charge < -0.3 is 9.47 Å². The van der Waals surface area contributed by atoms with E-state index >= 15 is 0 Å². The second-order valence-corrected chi connectivity index (χ2v) is 5.29. The summed E-state index contributed by atoms with van der Waals surface area (Å²) < 4.78 is 11.3. The molecule has 0 unspecified atom stereocenters. The van der Waals surface area contributed by atoms with Gasteiger partial charge in [0, 0.05) is 11.8 Å². The Kier molecular flexibility index (Phi) is 2.78. The molecule has 0 saturated heterocycles. The third-order valence-corrected chi connectivity index (χ3v) is 2.69. The highest BCUT2D eigenvalue weighted by atomic mass is 16.5. The molecule has 0 aromatic carbocycles. The lowest BCUT2D eigenvalue weighted by Gasteiger charge is -2.23. The van der Waals surface area contributed by atoms with Crippen LogP contribution in [0.1, 0.15) is 39.2 Å². The molecule has 1 fully saturated rings. The van der Waals surface area contributed by atoms with Gasteiger partial charge in [-0.15, -0.1) is 0 Å². The van der Waals surface area contributed by atoms with E-state index in [4.69, 9.17) is 9.47 Å². The fraction of sp³-hybridized carbons (Fsp3) is 0.615. The van der Waals surface area contributed by atoms with Gasteiger partial charge in [0.2, 0.25) is 0 Å². The molecule has 3 heteroatoms. The molecule has 2 rings (SSSR count). The topological polar surface area (TPSA) is 31.4 Å². The van der Waals surface area contributed by atoms with E-state index in [-0.39, 0.29) is 5.41 Å². The van der Waals surface area contributed by atoms with Crippen LogP contribution in [0.4, 0.5) is 0 Å². The van der Waals surface area contributed by atoms with E-state index < -0.39 is 0 Å². The van der Waals surface area contributed by atoms with Crippen molar-refractivity contribution in [2.45, 2.75) is 45.1 Å². The van der Waals surface area contributed by atoms with Crippen molar-refractivity contribution in [3.8, 4) is 11.5 Å². The number of methoxy groups -OCH3 is 1. The Hall–Kier alpha value is -1.25. The predicted molar refractivity (Wildman–Crippen MR) is 63.1 cm³/mol. The number of hydrogen-bond acceptors (Lipinski definition) is 3. The minimum absolute atomic E-state index is 0.0151. The van der Waals surface area contributed by atoms with Crippen molar-refractivity contribution in [1.29, 1.82) is 0 Å². The zero-order valence-corrected chi connectivity index (χ0v) is 10.4. The summed E-state index contributed by atoms with van der Waals surface area (Å²) in [6.45, 7) is 6.44.